The summed E-state index contributed by atoms with van der Waals surface area (Å²) in [6.45, 7) is 9.07. The van der Waals surface area contributed by atoms with Crippen molar-refractivity contribution in [3.8, 4) is 34.7 Å². The van der Waals surface area contributed by atoms with Gasteiger partial charge in [-0.25, -0.2) is 14.8 Å². The molecule has 1 fully saturated rings. The molecule has 0 saturated heterocycles. The van der Waals surface area contributed by atoms with Gasteiger partial charge in [-0.2, -0.15) is 0 Å². The molecule has 338 valence electrons. The predicted octanol–water partition coefficient (Wildman–Crippen LogP) is 7.95. The van der Waals surface area contributed by atoms with Crippen LogP contribution in [-0.4, -0.2) is 93.5 Å². The summed E-state index contributed by atoms with van der Waals surface area (Å²) < 4.78 is 10.2. The summed E-state index contributed by atoms with van der Waals surface area (Å²) in [6.07, 6.45) is 8.71. The number of benzene rings is 4. The largest absolute Gasteiger partial charge is 0.453 e. The van der Waals surface area contributed by atoms with Crippen LogP contribution in [0.1, 0.15) is 76.3 Å². The van der Waals surface area contributed by atoms with Crippen LogP contribution in [0.3, 0.4) is 0 Å². The monoisotopic (exact) mass is 878 g/mol. The van der Waals surface area contributed by atoms with Gasteiger partial charge < -0.3 is 39.9 Å². The Morgan fingerprint density at radius 2 is 1.60 bits per heavy atom. The number of nitrogens with one attached hydrogen (secondary N) is 4. The Hall–Kier alpha value is -6.98. The molecular weight excluding hydrogens is 821 g/mol. The number of fused-ring (bicyclic) bond motifs is 3. The zero-order valence-corrected chi connectivity index (χ0v) is 37.9. The number of terminal acetylenes is 1. The highest BCUT2D eigenvalue weighted by molar-refractivity contribution is 6.05. The fraction of sp³-hybridized carbons (Fsp3) is 0.373. The van der Waals surface area contributed by atoms with Gasteiger partial charge in [-0.1, -0.05) is 93.6 Å². The maximum absolute atomic E-state index is 14.5. The first-order valence-electron chi connectivity index (χ1n) is 22.2. The number of alkyl carbamates (subject to hydrolysis) is 1. The standard InChI is InChI=1S/C51H58N8O6/c1-8-9-25-58(49(61)44(31(2)3)57-51(63)65-7)29-43-53-41-24-22-39-26-38(21-23-40(39)46(41)55-43)34-15-17-35(18-16-34)42-27-52-47(54-42)33(5)59(28-32(4)30-64-6)50(62)45(36-13-11-10-12-14-36)56-48(60)37-19-20-37/h1,10-18,21-24,26-27,31-33,37,44-45H,9,19-20,25,28-30H2,2-7H3,(H,52,54)(H,53,55)(H,56,60)(H,57,63)/t32-,33-,44-,45+/m0/s1. The van der Waals surface area contributed by atoms with Gasteiger partial charge in [-0.3, -0.25) is 14.4 Å². The lowest BCUT2D eigenvalue weighted by Crippen LogP contribution is -2.51. The second kappa shape index (κ2) is 20.7. The molecule has 2 heterocycles. The molecule has 4 N–H and O–H groups in total. The van der Waals surface area contributed by atoms with Crippen molar-refractivity contribution in [1.29, 1.82) is 0 Å². The molecule has 0 spiro atoms. The average Bonchev–Trinajstić information content (AvgIpc) is 3.91. The predicted molar refractivity (Wildman–Crippen MR) is 251 cm³/mol. The third-order valence-corrected chi connectivity index (χ3v) is 11.9. The van der Waals surface area contributed by atoms with Gasteiger partial charge in [-0.15, -0.1) is 12.3 Å². The van der Waals surface area contributed by atoms with Crippen LogP contribution < -0.4 is 10.6 Å². The molecular formula is C51H58N8O6. The van der Waals surface area contributed by atoms with Crippen molar-refractivity contribution in [2.24, 2.45) is 17.8 Å². The van der Waals surface area contributed by atoms with Crippen molar-refractivity contribution >= 4 is 45.6 Å². The molecule has 4 atom stereocenters. The van der Waals surface area contributed by atoms with E-state index in [1.165, 1.54) is 7.11 Å². The van der Waals surface area contributed by atoms with Crippen molar-refractivity contribution < 1.29 is 28.7 Å². The third-order valence-electron chi connectivity index (χ3n) is 11.9. The second-order valence-corrected chi connectivity index (χ2v) is 17.3. The zero-order valence-electron chi connectivity index (χ0n) is 37.9. The molecule has 0 bridgehead atoms. The molecule has 0 unspecified atom stereocenters. The Balaban J connectivity index is 1.08. The number of ether oxygens (including phenoxy) is 2. The highest BCUT2D eigenvalue weighted by Crippen LogP contribution is 2.33. The Bertz CT molecular complexity index is 2660. The van der Waals surface area contributed by atoms with Gasteiger partial charge in [0.05, 0.1) is 49.2 Å². The van der Waals surface area contributed by atoms with Crippen LogP contribution in [-0.2, 0) is 30.4 Å². The number of H-pyrrole nitrogens is 2. The fourth-order valence-corrected chi connectivity index (χ4v) is 8.15. The van der Waals surface area contributed by atoms with Crippen LogP contribution in [0, 0.1) is 30.1 Å². The molecule has 1 aliphatic carbocycles. The van der Waals surface area contributed by atoms with E-state index in [0.717, 1.165) is 62.6 Å². The van der Waals surface area contributed by atoms with E-state index < -0.39 is 24.2 Å². The molecule has 65 heavy (non-hydrogen) atoms. The van der Waals surface area contributed by atoms with E-state index in [0.29, 0.717) is 37.8 Å². The maximum Gasteiger partial charge on any atom is 0.407 e. The summed E-state index contributed by atoms with van der Waals surface area (Å²) >= 11 is 0. The van der Waals surface area contributed by atoms with Gasteiger partial charge in [0.1, 0.15) is 23.7 Å². The summed E-state index contributed by atoms with van der Waals surface area (Å²) in [6, 6.07) is 25.9. The molecule has 14 nitrogen and oxygen atoms in total. The van der Waals surface area contributed by atoms with Gasteiger partial charge in [0.2, 0.25) is 17.7 Å². The highest BCUT2D eigenvalue weighted by Gasteiger charge is 2.37. The first kappa shape index (κ1) is 46.0. The van der Waals surface area contributed by atoms with Crippen LogP contribution in [0.2, 0.25) is 0 Å². The minimum absolute atomic E-state index is 0.0291. The van der Waals surface area contributed by atoms with Gasteiger partial charge in [0.25, 0.3) is 0 Å². The minimum Gasteiger partial charge on any atom is -0.453 e. The van der Waals surface area contributed by atoms with Crippen molar-refractivity contribution in [1.82, 2.24) is 40.4 Å². The molecule has 0 radical (unpaired) electrons. The van der Waals surface area contributed by atoms with E-state index in [2.05, 4.69) is 56.9 Å². The number of hydrogen-bond donors (Lipinski definition) is 4. The van der Waals surface area contributed by atoms with E-state index in [1.807, 2.05) is 82.3 Å². The third kappa shape index (κ3) is 10.9. The van der Waals surface area contributed by atoms with Gasteiger partial charge in [0.15, 0.2) is 0 Å². The lowest BCUT2D eigenvalue weighted by molar-refractivity contribution is -0.139. The maximum atomic E-state index is 14.5. The normalized spacial score (nSPS) is 14.3. The number of nitrogens with zero attached hydrogens (tertiary/aromatic N) is 4. The van der Waals surface area contributed by atoms with Crippen molar-refractivity contribution in [2.75, 3.05) is 33.9 Å². The van der Waals surface area contributed by atoms with Crippen LogP contribution in [0.5, 0.6) is 0 Å². The van der Waals surface area contributed by atoms with Crippen molar-refractivity contribution in [2.45, 2.75) is 71.6 Å². The number of hydrogen-bond acceptors (Lipinski definition) is 8. The topological polar surface area (TPSA) is 175 Å². The molecule has 0 aliphatic heterocycles. The summed E-state index contributed by atoms with van der Waals surface area (Å²) in [5, 5.41) is 7.68. The smallest absolute Gasteiger partial charge is 0.407 e. The summed E-state index contributed by atoms with van der Waals surface area (Å²) in [5.74, 6) is 3.07. The van der Waals surface area contributed by atoms with Gasteiger partial charge in [-0.05, 0) is 71.4 Å². The number of carbonyl (C=O) groups is 4. The number of methoxy groups -OCH3 is 2. The number of amides is 4. The Kier molecular flexibility index (Phi) is 14.6. The first-order chi connectivity index (χ1) is 31.4. The molecule has 1 aliphatic rings. The lowest BCUT2D eigenvalue weighted by atomic mass is 9.99. The van der Waals surface area contributed by atoms with Gasteiger partial charge in [0, 0.05) is 37.9 Å². The summed E-state index contributed by atoms with van der Waals surface area (Å²) in [7, 11) is 2.91. The van der Waals surface area contributed by atoms with E-state index in [1.54, 1.807) is 23.1 Å². The van der Waals surface area contributed by atoms with Crippen LogP contribution in [0.15, 0.2) is 91.1 Å². The van der Waals surface area contributed by atoms with Crippen LogP contribution >= 0.6 is 0 Å². The average molecular weight is 879 g/mol. The Morgan fingerprint density at radius 3 is 2.28 bits per heavy atom. The lowest BCUT2D eigenvalue weighted by Gasteiger charge is -2.34. The molecule has 1 saturated carbocycles. The Labute approximate surface area is 379 Å². The number of aromatic amines is 2. The van der Waals surface area contributed by atoms with Gasteiger partial charge >= 0.3 is 6.09 Å². The molecule has 4 amide bonds. The molecule has 6 aromatic rings. The fourth-order valence-electron chi connectivity index (χ4n) is 8.15. The molecule has 7 rings (SSSR count). The van der Waals surface area contributed by atoms with Crippen LogP contribution in [0.4, 0.5) is 4.79 Å². The van der Waals surface area contributed by atoms with E-state index in [-0.39, 0.29) is 42.0 Å². The number of carbonyl (C=O) groups excluding carboxylic acids is 4. The highest BCUT2D eigenvalue weighted by atomic mass is 16.5. The Morgan fingerprint density at radius 1 is 0.877 bits per heavy atom. The van der Waals surface area contributed by atoms with Crippen molar-refractivity contribution in [3.63, 3.8) is 0 Å². The number of rotatable bonds is 19. The molecule has 14 heteroatoms. The first-order valence-corrected chi connectivity index (χ1v) is 22.2. The molecule has 2 aromatic heterocycles. The second-order valence-electron chi connectivity index (χ2n) is 17.3. The van der Waals surface area contributed by atoms with E-state index in [9.17, 15) is 19.2 Å². The minimum atomic E-state index is -0.832. The van der Waals surface area contributed by atoms with E-state index >= 15 is 0 Å². The number of imidazole rings is 2. The van der Waals surface area contributed by atoms with Crippen LogP contribution in [0.25, 0.3) is 44.2 Å². The van der Waals surface area contributed by atoms with E-state index in [4.69, 9.17) is 25.9 Å². The molecule has 4 aromatic carbocycles. The zero-order chi connectivity index (χ0) is 46.2. The summed E-state index contributed by atoms with van der Waals surface area (Å²) in [4.78, 5) is 73.3. The van der Waals surface area contributed by atoms with Crippen molar-refractivity contribution in [3.05, 3.63) is 108 Å². The quantitative estimate of drug-likeness (QED) is 0.0594. The SMILES string of the molecule is C#CCCN(Cc1nc2c(ccc3cc(-c4ccc(-c5cnc([C@H](C)N(C[C@H](C)COC)C(=O)[C@H](NC(=O)C6CC6)c6ccccc6)[nH]5)cc4)ccc32)[nH]1)C(=O)[C@@H](NC(=O)OC)C(C)C. The summed E-state index contributed by atoms with van der Waals surface area (Å²) in [5.41, 5.74) is 6.16. The number of aromatic nitrogens is 4.